The van der Waals surface area contributed by atoms with Crippen LogP contribution in [0.3, 0.4) is 0 Å². The number of anilines is 1. The van der Waals surface area contributed by atoms with E-state index in [2.05, 4.69) is 102 Å². The fraction of sp³-hybridized carbons (Fsp3) is 0.125. The van der Waals surface area contributed by atoms with E-state index in [0.717, 1.165) is 30.3 Å². The Kier molecular flexibility index (Phi) is 5.01. The van der Waals surface area contributed by atoms with Gasteiger partial charge in [0.2, 0.25) is 5.95 Å². The van der Waals surface area contributed by atoms with Gasteiger partial charge in [-0.2, -0.15) is 0 Å². The summed E-state index contributed by atoms with van der Waals surface area (Å²) >= 11 is 0. The normalized spacial score (nSPS) is 10.7. The Hall–Kier alpha value is -3.33. The molecule has 0 N–H and O–H groups in total. The number of imidazole rings is 1. The molecule has 0 aliphatic heterocycles. The van der Waals surface area contributed by atoms with Gasteiger partial charge in [-0.05, 0) is 11.1 Å². The molecule has 0 unspecified atom stereocenters. The van der Waals surface area contributed by atoms with Gasteiger partial charge in [-0.1, -0.05) is 91.0 Å². The lowest BCUT2D eigenvalue weighted by Crippen LogP contribution is -2.21. The van der Waals surface area contributed by atoms with E-state index in [1.807, 2.05) is 12.1 Å². The number of hydrogen-bond donors (Lipinski definition) is 0. The van der Waals surface area contributed by atoms with Crippen molar-refractivity contribution in [2.75, 3.05) is 11.9 Å². The number of rotatable bonds is 6. The molecular formula is C24H23N3. The zero-order valence-electron chi connectivity index (χ0n) is 15.5. The molecule has 3 heteroatoms. The lowest BCUT2D eigenvalue weighted by molar-refractivity contribution is 0.749. The highest BCUT2D eigenvalue weighted by molar-refractivity contribution is 5.61. The third-order valence-electron chi connectivity index (χ3n) is 4.62. The Balaban J connectivity index is 1.68. The van der Waals surface area contributed by atoms with E-state index in [1.165, 1.54) is 11.1 Å². The van der Waals surface area contributed by atoms with E-state index in [4.69, 9.17) is 4.98 Å². The number of hydrogen-bond acceptors (Lipinski definition) is 2. The molecule has 0 amide bonds. The highest BCUT2D eigenvalue weighted by atomic mass is 15.3. The van der Waals surface area contributed by atoms with Crippen molar-refractivity contribution >= 4 is 5.95 Å². The van der Waals surface area contributed by atoms with E-state index in [1.54, 1.807) is 0 Å². The van der Waals surface area contributed by atoms with Crippen LogP contribution in [0.15, 0.2) is 97.2 Å². The molecule has 0 radical (unpaired) electrons. The van der Waals surface area contributed by atoms with Crippen molar-refractivity contribution in [3.05, 3.63) is 108 Å². The molecule has 0 atom stereocenters. The third-order valence-corrected chi connectivity index (χ3v) is 4.62. The van der Waals surface area contributed by atoms with Gasteiger partial charge >= 0.3 is 0 Å². The van der Waals surface area contributed by atoms with Gasteiger partial charge in [-0.15, -0.1) is 0 Å². The van der Waals surface area contributed by atoms with Crippen LogP contribution in [0.4, 0.5) is 5.95 Å². The fourth-order valence-electron chi connectivity index (χ4n) is 3.28. The number of aromatic nitrogens is 2. The lowest BCUT2D eigenvalue weighted by Gasteiger charge is -2.20. The molecule has 4 aromatic rings. The molecule has 0 saturated carbocycles. The summed E-state index contributed by atoms with van der Waals surface area (Å²) in [4.78, 5) is 7.17. The molecule has 1 heterocycles. The highest BCUT2D eigenvalue weighted by Crippen LogP contribution is 2.24. The second-order valence-electron chi connectivity index (χ2n) is 6.75. The van der Waals surface area contributed by atoms with Crippen LogP contribution in [0.5, 0.6) is 0 Å². The molecule has 0 fully saturated rings. The molecule has 1 aromatic heterocycles. The Morgan fingerprint density at radius 1 is 0.741 bits per heavy atom. The Labute approximate surface area is 160 Å². The molecule has 27 heavy (non-hydrogen) atoms. The van der Waals surface area contributed by atoms with Crippen molar-refractivity contribution in [1.29, 1.82) is 0 Å². The summed E-state index contributed by atoms with van der Waals surface area (Å²) in [6, 6.07) is 31.4. The molecule has 0 spiro atoms. The lowest BCUT2D eigenvalue weighted by atomic mass is 10.2. The van der Waals surface area contributed by atoms with E-state index >= 15 is 0 Å². The summed E-state index contributed by atoms with van der Waals surface area (Å²) in [6.07, 6.45) is 2.15. The van der Waals surface area contributed by atoms with Crippen molar-refractivity contribution in [2.24, 2.45) is 0 Å². The largest absolute Gasteiger partial charge is 0.341 e. The standard InChI is InChI=1S/C24H23N3/c1-26(17-20-11-5-2-6-12-20)24-25-23(22-15-9-4-10-16-22)19-27(24)18-21-13-7-3-8-14-21/h2-16,19H,17-18H2,1H3. The van der Waals surface area contributed by atoms with Crippen molar-refractivity contribution in [3.8, 4) is 11.3 Å². The fourth-order valence-corrected chi connectivity index (χ4v) is 3.28. The first-order valence-corrected chi connectivity index (χ1v) is 9.21. The summed E-state index contributed by atoms with van der Waals surface area (Å²) in [6.45, 7) is 1.62. The first-order valence-electron chi connectivity index (χ1n) is 9.21. The zero-order valence-corrected chi connectivity index (χ0v) is 15.5. The van der Waals surface area contributed by atoms with Crippen molar-refractivity contribution in [3.63, 3.8) is 0 Å². The topological polar surface area (TPSA) is 21.1 Å². The van der Waals surface area contributed by atoms with Crippen LogP contribution in [0.1, 0.15) is 11.1 Å². The Bertz CT molecular complexity index is 976. The second-order valence-corrected chi connectivity index (χ2v) is 6.75. The maximum Gasteiger partial charge on any atom is 0.206 e. The summed E-state index contributed by atoms with van der Waals surface area (Å²) in [5.41, 5.74) is 4.68. The summed E-state index contributed by atoms with van der Waals surface area (Å²) in [5, 5.41) is 0. The summed E-state index contributed by atoms with van der Waals surface area (Å²) in [5.74, 6) is 0.974. The van der Waals surface area contributed by atoms with E-state index < -0.39 is 0 Å². The van der Waals surface area contributed by atoms with Gasteiger partial charge < -0.3 is 9.47 Å². The van der Waals surface area contributed by atoms with E-state index in [0.29, 0.717) is 0 Å². The molecule has 0 bridgehead atoms. The first-order chi connectivity index (χ1) is 13.3. The van der Waals surface area contributed by atoms with Gasteiger partial charge in [-0.3, -0.25) is 0 Å². The first kappa shape index (κ1) is 17.1. The average Bonchev–Trinajstić information content (AvgIpc) is 3.14. The van der Waals surface area contributed by atoms with E-state index in [9.17, 15) is 0 Å². The maximum atomic E-state index is 4.96. The quantitative estimate of drug-likeness (QED) is 0.473. The molecule has 0 aliphatic rings. The van der Waals surface area contributed by atoms with Crippen LogP contribution in [0, 0.1) is 0 Å². The minimum Gasteiger partial charge on any atom is -0.341 e. The second kappa shape index (κ2) is 7.92. The minimum atomic E-state index is 0.801. The van der Waals surface area contributed by atoms with Gasteiger partial charge in [0.15, 0.2) is 0 Å². The predicted octanol–water partition coefficient (Wildman–Crippen LogP) is 5.23. The van der Waals surface area contributed by atoms with Crippen LogP contribution in [-0.4, -0.2) is 16.6 Å². The average molecular weight is 353 g/mol. The molecule has 3 aromatic carbocycles. The van der Waals surface area contributed by atoms with Crippen LogP contribution in [0.2, 0.25) is 0 Å². The van der Waals surface area contributed by atoms with Crippen molar-refractivity contribution in [2.45, 2.75) is 13.1 Å². The van der Waals surface area contributed by atoms with E-state index in [-0.39, 0.29) is 0 Å². The molecule has 4 rings (SSSR count). The predicted molar refractivity (Wildman–Crippen MR) is 112 cm³/mol. The number of nitrogens with zero attached hydrogens (tertiary/aromatic N) is 3. The maximum absolute atomic E-state index is 4.96. The molecule has 3 nitrogen and oxygen atoms in total. The van der Waals surface area contributed by atoms with Gasteiger partial charge in [0.25, 0.3) is 0 Å². The zero-order chi connectivity index (χ0) is 18.5. The molecular weight excluding hydrogens is 330 g/mol. The van der Waals surface area contributed by atoms with Gasteiger partial charge in [0.05, 0.1) is 12.2 Å². The van der Waals surface area contributed by atoms with Crippen LogP contribution < -0.4 is 4.90 Å². The van der Waals surface area contributed by atoms with Gasteiger partial charge in [0, 0.05) is 25.4 Å². The summed E-state index contributed by atoms with van der Waals surface area (Å²) < 4.78 is 2.24. The van der Waals surface area contributed by atoms with Crippen molar-refractivity contribution < 1.29 is 0 Å². The Morgan fingerprint density at radius 3 is 1.93 bits per heavy atom. The summed E-state index contributed by atoms with van der Waals surface area (Å²) in [7, 11) is 2.10. The molecule has 0 saturated heterocycles. The van der Waals surface area contributed by atoms with Crippen molar-refractivity contribution in [1.82, 2.24) is 9.55 Å². The SMILES string of the molecule is CN(Cc1ccccc1)c1nc(-c2ccccc2)cn1Cc1ccccc1. The van der Waals surface area contributed by atoms with Crippen LogP contribution in [-0.2, 0) is 13.1 Å². The molecule has 0 aliphatic carbocycles. The monoisotopic (exact) mass is 353 g/mol. The minimum absolute atomic E-state index is 0.801. The number of benzene rings is 3. The highest BCUT2D eigenvalue weighted by Gasteiger charge is 2.14. The smallest absolute Gasteiger partial charge is 0.206 e. The van der Waals surface area contributed by atoms with Gasteiger partial charge in [0.1, 0.15) is 0 Å². The third kappa shape index (κ3) is 4.09. The Morgan fingerprint density at radius 2 is 1.30 bits per heavy atom. The van der Waals surface area contributed by atoms with Crippen LogP contribution in [0.25, 0.3) is 11.3 Å². The van der Waals surface area contributed by atoms with Gasteiger partial charge in [-0.25, -0.2) is 4.98 Å². The molecule has 134 valence electrons. The van der Waals surface area contributed by atoms with Crippen LogP contribution >= 0.6 is 0 Å².